The number of rotatable bonds is 3. The Hall–Kier alpha value is -1.05. The summed E-state index contributed by atoms with van der Waals surface area (Å²) in [4.78, 5) is 4.25. The zero-order valence-electron chi connectivity index (χ0n) is 7.92. The maximum absolute atomic E-state index is 5.17. The number of methoxy groups -OCH3 is 1. The number of ether oxygens (including phenoxy) is 1. The average Bonchev–Trinajstić information content (AvgIpc) is 2.16. The molecule has 1 heterocycles. The van der Waals surface area contributed by atoms with Gasteiger partial charge in [-0.05, 0) is 24.5 Å². The lowest BCUT2D eigenvalue weighted by molar-refractivity contribution is 0.408. The summed E-state index contributed by atoms with van der Waals surface area (Å²) < 4.78 is 5.17. The molecule has 1 aromatic rings. The summed E-state index contributed by atoms with van der Waals surface area (Å²) in [7, 11) is 1.68. The van der Waals surface area contributed by atoms with Gasteiger partial charge in [-0.1, -0.05) is 13.8 Å². The molecule has 66 valence electrons. The van der Waals surface area contributed by atoms with E-state index >= 15 is 0 Å². The Kier molecular flexibility index (Phi) is 3.09. The lowest BCUT2D eigenvalue weighted by Gasteiger charge is -2.06. The van der Waals surface area contributed by atoms with E-state index in [2.05, 4.69) is 24.9 Å². The molecule has 0 aromatic carbocycles. The first-order valence-corrected chi connectivity index (χ1v) is 4.33. The predicted octanol–water partition coefficient (Wildman–Crippen LogP) is 2.21. The van der Waals surface area contributed by atoms with Crippen LogP contribution in [0.1, 0.15) is 25.1 Å². The van der Waals surface area contributed by atoms with Crippen molar-refractivity contribution in [1.29, 1.82) is 0 Å². The molecule has 2 nitrogen and oxygen atoms in total. The Morgan fingerprint density at radius 3 is 2.58 bits per heavy atom. The van der Waals surface area contributed by atoms with Gasteiger partial charge in [0, 0.05) is 5.69 Å². The SMILES string of the molecule is CCc1cc(CC)c(OC)cn1. The Morgan fingerprint density at radius 2 is 2.08 bits per heavy atom. The van der Waals surface area contributed by atoms with Gasteiger partial charge in [0.15, 0.2) is 0 Å². The van der Waals surface area contributed by atoms with E-state index in [0.717, 1.165) is 24.3 Å². The van der Waals surface area contributed by atoms with E-state index < -0.39 is 0 Å². The van der Waals surface area contributed by atoms with Crippen LogP contribution in [0.3, 0.4) is 0 Å². The molecule has 0 atom stereocenters. The van der Waals surface area contributed by atoms with Gasteiger partial charge in [0.05, 0.1) is 13.3 Å². The molecule has 0 saturated heterocycles. The first kappa shape index (κ1) is 9.04. The minimum absolute atomic E-state index is 0.898. The molecule has 0 bridgehead atoms. The van der Waals surface area contributed by atoms with Gasteiger partial charge < -0.3 is 4.74 Å². The molecule has 0 unspecified atom stereocenters. The number of aromatic nitrogens is 1. The maximum Gasteiger partial charge on any atom is 0.140 e. The average molecular weight is 165 g/mol. The van der Waals surface area contributed by atoms with E-state index in [1.54, 1.807) is 13.3 Å². The third kappa shape index (κ3) is 1.76. The summed E-state index contributed by atoms with van der Waals surface area (Å²) in [5.74, 6) is 0.898. The first-order valence-electron chi connectivity index (χ1n) is 4.33. The van der Waals surface area contributed by atoms with Gasteiger partial charge in [-0.15, -0.1) is 0 Å². The van der Waals surface area contributed by atoms with Crippen molar-refractivity contribution in [1.82, 2.24) is 4.98 Å². The zero-order chi connectivity index (χ0) is 8.97. The third-order valence-electron chi connectivity index (χ3n) is 1.97. The van der Waals surface area contributed by atoms with Crippen molar-refractivity contribution in [2.75, 3.05) is 7.11 Å². The normalized spacial score (nSPS) is 9.92. The summed E-state index contributed by atoms with van der Waals surface area (Å²) in [6.07, 6.45) is 3.79. The van der Waals surface area contributed by atoms with Crippen LogP contribution in [0, 0.1) is 0 Å². The van der Waals surface area contributed by atoms with Crippen molar-refractivity contribution < 1.29 is 4.74 Å². The zero-order valence-corrected chi connectivity index (χ0v) is 7.92. The molecule has 1 aromatic heterocycles. The second-order valence-corrected chi connectivity index (χ2v) is 2.69. The van der Waals surface area contributed by atoms with Gasteiger partial charge in [0.25, 0.3) is 0 Å². The molecule has 12 heavy (non-hydrogen) atoms. The molecule has 0 spiro atoms. The summed E-state index contributed by atoms with van der Waals surface area (Å²) >= 11 is 0. The van der Waals surface area contributed by atoms with E-state index in [1.165, 1.54) is 5.56 Å². The minimum atomic E-state index is 0.898. The fraction of sp³-hybridized carbons (Fsp3) is 0.500. The molecule has 0 aliphatic carbocycles. The van der Waals surface area contributed by atoms with Gasteiger partial charge in [-0.2, -0.15) is 0 Å². The van der Waals surface area contributed by atoms with Gasteiger partial charge in [0.2, 0.25) is 0 Å². The Bertz CT molecular complexity index is 258. The van der Waals surface area contributed by atoms with Crippen molar-refractivity contribution in [3.8, 4) is 5.75 Å². The van der Waals surface area contributed by atoms with Gasteiger partial charge >= 0.3 is 0 Å². The van der Waals surface area contributed by atoms with Crippen molar-refractivity contribution in [2.45, 2.75) is 26.7 Å². The highest BCUT2D eigenvalue weighted by Crippen LogP contribution is 2.18. The van der Waals surface area contributed by atoms with E-state index in [9.17, 15) is 0 Å². The monoisotopic (exact) mass is 165 g/mol. The summed E-state index contributed by atoms with van der Waals surface area (Å²) in [5.41, 5.74) is 2.37. The number of hydrogen-bond donors (Lipinski definition) is 0. The maximum atomic E-state index is 5.17. The van der Waals surface area contributed by atoms with Gasteiger partial charge in [-0.3, -0.25) is 4.98 Å². The van der Waals surface area contributed by atoms with Crippen molar-refractivity contribution in [3.63, 3.8) is 0 Å². The Morgan fingerprint density at radius 1 is 1.33 bits per heavy atom. The number of hydrogen-bond acceptors (Lipinski definition) is 2. The molecule has 0 amide bonds. The van der Waals surface area contributed by atoms with Crippen LogP contribution in [0.4, 0.5) is 0 Å². The van der Waals surface area contributed by atoms with Gasteiger partial charge in [0.1, 0.15) is 5.75 Å². The molecule has 1 rings (SSSR count). The minimum Gasteiger partial charge on any atom is -0.495 e. The fourth-order valence-electron chi connectivity index (χ4n) is 1.19. The second kappa shape index (κ2) is 4.10. The van der Waals surface area contributed by atoms with Crippen LogP contribution in [-0.2, 0) is 12.8 Å². The molecule has 0 radical (unpaired) electrons. The Balaban J connectivity index is 3.02. The second-order valence-electron chi connectivity index (χ2n) is 2.69. The molecule has 0 saturated carbocycles. The molecular formula is C10H15NO. The van der Waals surface area contributed by atoms with Crippen molar-refractivity contribution >= 4 is 0 Å². The molecule has 0 aliphatic heterocycles. The predicted molar refractivity (Wildman–Crippen MR) is 49.5 cm³/mol. The standard InChI is InChI=1S/C10H15NO/c1-4-8-6-9(5-2)11-7-10(8)12-3/h6-7H,4-5H2,1-3H3. The lowest BCUT2D eigenvalue weighted by atomic mass is 10.1. The quantitative estimate of drug-likeness (QED) is 0.685. The highest BCUT2D eigenvalue weighted by atomic mass is 16.5. The van der Waals surface area contributed by atoms with Crippen LogP contribution in [-0.4, -0.2) is 12.1 Å². The van der Waals surface area contributed by atoms with Crippen LogP contribution < -0.4 is 4.74 Å². The summed E-state index contributed by atoms with van der Waals surface area (Å²) in [6, 6.07) is 2.11. The summed E-state index contributed by atoms with van der Waals surface area (Å²) in [5, 5.41) is 0. The van der Waals surface area contributed by atoms with Crippen molar-refractivity contribution in [3.05, 3.63) is 23.5 Å². The third-order valence-corrected chi connectivity index (χ3v) is 1.97. The number of pyridine rings is 1. The summed E-state index contributed by atoms with van der Waals surface area (Å²) in [6.45, 7) is 4.23. The van der Waals surface area contributed by atoms with E-state index in [1.807, 2.05) is 0 Å². The number of nitrogens with zero attached hydrogens (tertiary/aromatic N) is 1. The Labute approximate surface area is 73.6 Å². The van der Waals surface area contributed by atoms with Crippen LogP contribution in [0.25, 0.3) is 0 Å². The van der Waals surface area contributed by atoms with E-state index in [-0.39, 0.29) is 0 Å². The molecule has 0 fully saturated rings. The highest BCUT2D eigenvalue weighted by Gasteiger charge is 2.01. The molecule has 0 aliphatic rings. The van der Waals surface area contributed by atoms with E-state index in [4.69, 9.17) is 4.74 Å². The topological polar surface area (TPSA) is 22.1 Å². The van der Waals surface area contributed by atoms with Crippen LogP contribution in [0.15, 0.2) is 12.3 Å². The van der Waals surface area contributed by atoms with Gasteiger partial charge in [-0.25, -0.2) is 0 Å². The van der Waals surface area contributed by atoms with Crippen LogP contribution in [0.5, 0.6) is 5.75 Å². The molecule has 0 N–H and O–H groups in total. The molecule has 2 heteroatoms. The lowest BCUT2D eigenvalue weighted by Crippen LogP contribution is -1.95. The van der Waals surface area contributed by atoms with Crippen LogP contribution >= 0.6 is 0 Å². The molecular weight excluding hydrogens is 150 g/mol. The fourth-order valence-corrected chi connectivity index (χ4v) is 1.19. The van der Waals surface area contributed by atoms with E-state index in [0.29, 0.717) is 0 Å². The smallest absolute Gasteiger partial charge is 0.140 e. The number of aryl methyl sites for hydroxylation is 2. The van der Waals surface area contributed by atoms with Crippen LogP contribution in [0.2, 0.25) is 0 Å². The highest BCUT2D eigenvalue weighted by molar-refractivity contribution is 5.32. The first-order chi connectivity index (χ1) is 5.81. The largest absolute Gasteiger partial charge is 0.495 e. The van der Waals surface area contributed by atoms with Crippen molar-refractivity contribution in [2.24, 2.45) is 0 Å².